The van der Waals surface area contributed by atoms with Crippen LogP contribution in [0.15, 0.2) is 24.3 Å². The summed E-state index contributed by atoms with van der Waals surface area (Å²) in [5.41, 5.74) is 0.259. The van der Waals surface area contributed by atoms with Gasteiger partial charge < -0.3 is 20.2 Å². The highest BCUT2D eigenvalue weighted by Crippen LogP contribution is 2.24. The molecule has 2 heterocycles. The molecule has 1 aromatic carbocycles. The van der Waals surface area contributed by atoms with Gasteiger partial charge in [0.15, 0.2) is 0 Å². The lowest BCUT2D eigenvalue weighted by Crippen LogP contribution is -2.48. The third-order valence-corrected chi connectivity index (χ3v) is 5.42. The number of rotatable bonds is 4. The van der Waals surface area contributed by atoms with Gasteiger partial charge in [0.1, 0.15) is 5.75 Å². The Morgan fingerprint density at radius 1 is 1.19 bits per heavy atom. The molecule has 0 saturated carbocycles. The van der Waals surface area contributed by atoms with Gasteiger partial charge in [0.25, 0.3) is 5.91 Å². The number of carbonyl (C=O) groups is 3. The maximum atomic E-state index is 12.7. The normalized spacial score (nSPS) is 21.0. The minimum Gasteiger partial charge on any atom is -0.507 e. The number of aromatic hydroxyl groups is 1. The molecule has 2 fully saturated rings. The lowest BCUT2D eigenvalue weighted by atomic mass is 10.0. The number of likely N-dealkylation sites (tertiary alicyclic amines) is 2. The Morgan fingerprint density at radius 2 is 1.85 bits per heavy atom. The molecule has 2 saturated heterocycles. The number of phenols is 1. The lowest BCUT2D eigenvalue weighted by molar-refractivity contribution is -0.136. The number of carbonyl (C=O) groups excluding carboxylic acids is 3. The fourth-order valence-corrected chi connectivity index (χ4v) is 3.83. The Hall–Kier alpha value is -2.57. The van der Waals surface area contributed by atoms with Crippen LogP contribution < -0.4 is 5.32 Å². The summed E-state index contributed by atoms with van der Waals surface area (Å²) >= 11 is 0. The monoisotopic (exact) mass is 373 g/mol. The highest BCUT2D eigenvalue weighted by molar-refractivity contribution is 5.97. The molecule has 0 spiro atoms. The van der Waals surface area contributed by atoms with E-state index in [1.807, 2.05) is 18.7 Å². The van der Waals surface area contributed by atoms with Gasteiger partial charge in [-0.3, -0.25) is 14.4 Å². The molecule has 2 aliphatic heterocycles. The van der Waals surface area contributed by atoms with E-state index in [-0.39, 0.29) is 47.0 Å². The summed E-state index contributed by atoms with van der Waals surface area (Å²) in [6.07, 6.45) is 1.63. The zero-order valence-corrected chi connectivity index (χ0v) is 15.9. The van der Waals surface area contributed by atoms with Crippen LogP contribution in [-0.4, -0.2) is 64.3 Å². The van der Waals surface area contributed by atoms with E-state index in [0.29, 0.717) is 38.9 Å². The van der Waals surface area contributed by atoms with Gasteiger partial charge in [-0.1, -0.05) is 12.1 Å². The summed E-state index contributed by atoms with van der Waals surface area (Å²) in [5.74, 6) is -0.507. The topological polar surface area (TPSA) is 90.0 Å². The average molecular weight is 373 g/mol. The highest BCUT2D eigenvalue weighted by Gasteiger charge is 2.38. The maximum absolute atomic E-state index is 12.7. The molecule has 7 nitrogen and oxygen atoms in total. The molecule has 7 heteroatoms. The lowest BCUT2D eigenvalue weighted by Gasteiger charge is -2.34. The maximum Gasteiger partial charge on any atom is 0.255 e. The zero-order valence-electron chi connectivity index (χ0n) is 15.9. The van der Waals surface area contributed by atoms with E-state index in [1.165, 1.54) is 6.07 Å². The van der Waals surface area contributed by atoms with Crippen LogP contribution in [0.2, 0.25) is 0 Å². The Labute approximate surface area is 159 Å². The number of nitrogens with zero attached hydrogens (tertiary/aromatic N) is 2. The highest BCUT2D eigenvalue weighted by atomic mass is 16.3. The summed E-state index contributed by atoms with van der Waals surface area (Å²) in [6.45, 7) is 5.56. The number of phenolic OH excluding ortho intramolecular Hbond substituents is 1. The van der Waals surface area contributed by atoms with Crippen molar-refractivity contribution in [3.05, 3.63) is 29.8 Å². The molecule has 3 amide bonds. The van der Waals surface area contributed by atoms with Gasteiger partial charge in [-0.2, -0.15) is 0 Å². The molecule has 0 aliphatic carbocycles. The van der Waals surface area contributed by atoms with Crippen LogP contribution in [-0.2, 0) is 9.59 Å². The minimum atomic E-state index is -0.299. The molecular weight excluding hydrogens is 346 g/mol. The number of piperidine rings is 1. The van der Waals surface area contributed by atoms with E-state index < -0.39 is 0 Å². The molecule has 3 rings (SSSR count). The van der Waals surface area contributed by atoms with Crippen LogP contribution >= 0.6 is 0 Å². The smallest absolute Gasteiger partial charge is 0.255 e. The van der Waals surface area contributed by atoms with Gasteiger partial charge in [0, 0.05) is 38.1 Å². The van der Waals surface area contributed by atoms with Crippen molar-refractivity contribution in [2.45, 2.75) is 45.2 Å². The van der Waals surface area contributed by atoms with Crippen molar-refractivity contribution < 1.29 is 19.5 Å². The summed E-state index contributed by atoms with van der Waals surface area (Å²) < 4.78 is 0. The van der Waals surface area contributed by atoms with Gasteiger partial charge in [-0.25, -0.2) is 0 Å². The van der Waals surface area contributed by atoms with E-state index in [4.69, 9.17) is 0 Å². The molecule has 0 bridgehead atoms. The second-order valence-corrected chi connectivity index (χ2v) is 7.63. The minimum absolute atomic E-state index is 0.0291. The Bertz CT molecular complexity index is 726. The van der Waals surface area contributed by atoms with Crippen molar-refractivity contribution in [3.63, 3.8) is 0 Å². The van der Waals surface area contributed by atoms with Crippen LogP contribution in [0.3, 0.4) is 0 Å². The van der Waals surface area contributed by atoms with Crippen LogP contribution in [0.5, 0.6) is 5.75 Å². The van der Waals surface area contributed by atoms with Gasteiger partial charge in [-0.15, -0.1) is 0 Å². The second-order valence-electron chi connectivity index (χ2n) is 7.63. The Morgan fingerprint density at radius 3 is 2.44 bits per heavy atom. The molecule has 1 unspecified atom stereocenters. The molecule has 1 aromatic rings. The standard InChI is InChI=1S/C20H27N3O4/c1-13(2)23-12-14(11-18(23)25)20(27)22-9-7-15(8-10-22)21-19(26)16-5-3-4-6-17(16)24/h3-6,13-15,24H,7-12H2,1-2H3,(H,21,26). The Kier molecular flexibility index (Phi) is 5.68. The zero-order chi connectivity index (χ0) is 19.6. The van der Waals surface area contributed by atoms with E-state index in [1.54, 1.807) is 23.1 Å². The van der Waals surface area contributed by atoms with Crippen molar-refractivity contribution >= 4 is 17.7 Å². The molecule has 1 atom stereocenters. The second kappa shape index (κ2) is 7.98. The van der Waals surface area contributed by atoms with Crippen molar-refractivity contribution in [1.82, 2.24) is 15.1 Å². The third-order valence-electron chi connectivity index (χ3n) is 5.42. The summed E-state index contributed by atoms with van der Waals surface area (Å²) in [6, 6.07) is 6.54. The fourth-order valence-electron chi connectivity index (χ4n) is 3.83. The number of hydrogen-bond acceptors (Lipinski definition) is 4. The third kappa shape index (κ3) is 4.23. The van der Waals surface area contributed by atoms with E-state index in [2.05, 4.69) is 5.32 Å². The summed E-state index contributed by atoms with van der Waals surface area (Å²) in [4.78, 5) is 40.6. The van der Waals surface area contributed by atoms with Gasteiger partial charge >= 0.3 is 0 Å². The van der Waals surface area contributed by atoms with E-state index >= 15 is 0 Å². The van der Waals surface area contributed by atoms with Gasteiger partial charge in [0.2, 0.25) is 11.8 Å². The number of hydrogen-bond donors (Lipinski definition) is 2. The molecule has 0 radical (unpaired) electrons. The Balaban J connectivity index is 1.50. The number of nitrogens with one attached hydrogen (secondary N) is 1. The fraction of sp³-hybridized carbons (Fsp3) is 0.550. The van der Waals surface area contributed by atoms with Crippen LogP contribution in [0.4, 0.5) is 0 Å². The molecule has 0 aromatic heterocycles. The van der Waals surface area contributed by atoms with Crippen molar-refractivity contribution in [3.8, 4) is 5.75 Å². The quantitative estimate of drug-likeness (QED) is 0.834. The van der Waals surface area contributed by atoms with Crippen molar-refractivity contribution in [2.24, 2.45) is 5.92 Å². The number of benzene rings is 1. The van der Waals surface area contributed by atoms with Crippen molar-refractivity contribution in [1.29, 1.82) is 0 Å². The molecule has 2 N–H and O–H groups in total. The predicted octanol–water partition coefficient (Wildman–Crippen LogP) is 1.37. The van der Waals surface area contributed by atoms with Crippen LogP contribution in [0.1, 0.15) is 43.5 Å². The van der Waals surface area contributed by atoms with E-state index in [0.717, 1.165) is 0 Å². The molecular formula is C20H27N3O4. The van der Waals surface area contributed by atoms with Gasteiger partial charge in [0.05, 0.1) is 11.5 Å². The average Bonchev–Trinajstić information content (AvgIpc) is 3.04. The number of amides is 3. The first kappa shape index (κ1) is 19.2. The molecule has 146 valence electrons. The predicted molar refractivity (Wildman–Crippen MR) is 100 cm³/mol. The van der Waals surface area contributed by atoms with Crippen LogP contribution in [0.25, 0.3) is 0 Å². The van der Waals surface area contributed by atoms with Crippen molar-refractivity contribution in [2.75, 3.05) is 19.6 Å². The summed E-state index contributed by atoms with van der Waals surface area (Å²) in [5, 5.41) is 12.7. The first-order valence-electron chi connectivity index (χ1n) is 9.54. The molecule has 27 heavy (non-hydrogen) atoms. The van der Waals surface area contributed by atoms with Crippen LogP contribution in [0, 0.1) is 5.92 Å². The van der Waals surface area contributed by atoms with Gasteiger partial charge in [-0.05, 0) is 38.8 Å². The number of para-hydroxylation sites is 1. The summed E-state index contributed by atoms with van der Waals surface area (Å²) in [7, 11) is 0. The largest absolute Gasteiger partial charge is 0.507 e. The SMILES string of the molecule is CC(C)N1CC(C(=O)N2CCC(NC(=O)c3ccccc3O)CC2)CC1=O. The van der Waals surface area contributed by atoms with E-state index in [9.17, 15) is 19.5 Å². The first-order chi connectivity index (χ1) is 12.9. The first-order valence-corrected chi connectivity index (χ1v) is 9.54. The molecule has 2 aliphatic rings.